The average molecular weight is 369 g/mol. The fourth-order valence-corrected chi connectivity index (χ4v) is 1.48. The van der Waals surface area contributed by atoms with E-state index in [9.17, 15) is 9.59 Å². The molecule has 2 rings (SSSR count). The summed E-state index contributed by atoms with van der Waals surface area (Å²) in [7, 11) is 0. The van der Waals surface area contributed by atoms with E-state index in [0.29, 0.717) is 16.7 Å². The van der Waals surface area contributed by atoms with Gasteiger partial charge in [-0.25, -0.2) is 0 Å². The SMILES string of the molecule is C=C1CC(=O)c2ccccc2C1=O.[Au]. The fraction of sp³-hybridized carbons (Fsp3) is 0.0909. The van der Waals surface area contributed by atoms with Crippen LogP contribution in [0.15, 0.2) is 36.4 Å². The van der Waals surface area contributed by atoms with E-state index in [1.54, 1.807) is 24.3 Å². The first-order valence-corrected chi connectivity index (χ1v) is 4.05. The molecule has 0 aliphatic heterocycles. The first-order chi connectivity index (χ1) is 6.20. The maximum absolute atomic E-state index is 11.5. The Balaban J connectivity index is 0.000000980. The first-order valence-electron chi connectivity index (χ1n) is 4.05. The standard InChI is InChI=1S/C11H8O2.Au/c1-7-6-10(12)8-4-2-3-5-9(8)11(7)13;/h2-5H,1,6H2;. The molecule has 1 aromatic carbocycles. The van der Waals surface area contributed by atoms with E-state index in [0.717, 1.165) is 0 Å². The number of Topliss-reactive ketones (excluding diaryl/α,β-unsaturated/α-hetero) is 2. The molecule has 0 amide bonds. The van der Waals surface area contributed by atoms with Gasteiger partial charge < -0.3 is 0 Å². The normalized spacial score (nSPS) is 14.7. The largest absolute Gasteiger partial charge is 0.294 e. The molecule has 0 atom stereocenters. The molecular formula is C11H8AuO2. The molecule has 14 heavy (non-hydrogen) atoms. The third-order valence-corrected chi connectivity index (χ3v) is 2.17. The second-order valence-corrected chi connectivity index (χ2v) is 3.08. The number of ketones is 2. The minimum absolute atomic E-state index is 0. The van der Waals surface area contributed by atoms with E-state index in [1.807, 2.05) is 0 Å². The molecule has 1 aliphatic rings. The average Bonchev–Trinajstić information content (AvgIpc) is 2.15. The zero-order chi connectivity index (χ0) is 9.42. The minimum Gasteiger partial charge on any atom is -0.294 e. The predicted molar refractivity (Wildman–Crippen MR) is 48.9 cm³/mol. The van der Waals surface area contributed by atoms with Crippen LogP contribution in [0.4, 0.5) is 0 Å². The van der Waals surface area contributed by atoms with Crippen molar-refractivity contribution in [3.05, 3.63) is 47.5 Å². The van der Waals surface area contributed by atoms with Gasteiger partial charge in [-0.1, -0.05) is 30.8 Å². The Morgan fingerprint density at radius 3 is 2.29 bits per heavy atom. The van der Waals surface area contributed by atoms with Crippen LogP contribution in [0.25, 0.3) is 0 Å². The van der Waals surface area contributed by atoms with E-state index in [2.05, 4.69) is 6.58 Å². The van der Waals surface area contributed by atoms with Gasteiger partial charge in [-0.05, 0) is 0 Å². The molecule has 0 N–H and O–H groups in total. The Kier molecular flexibility index (Phi) is 3.21. The van der Waals surface area contributed by atoms with E-state index < -0.39 is 0 Å². The van der Waals surface area contributed by atoms with Gasteiger partial charge in [0.15, 0.2) is 11.6 Å². The van der Waals surface area contributed by atoms with E-state index in [4.69, 9.17) is 0 Å². The monoisotopic (exact) mass is 369 g/mol. The van der Waals surface area contributed by atoms with Gasteiger partial charge in [0.2, 0.25) is 0 Å². The number of carbonyl (C=O) groups excluding carboxylic acids is 2. The van der Waals surface area contributed by atoms with Crippen LogP contribution < -0.4 is 0 Å². The molecule has 0 fully saturated rings. The molecule has 0 heterocycles. The van der Waals surface area contributed by atoms with Crippen LogP contribution in [0.1, 0.15) is 27.1 Å². The third kappa shape index (κ3) is 1.64. The topological polar surface area (TPSA) is 34.1 Å². The molecule has 0 aromatic heterocycles. The summed E-state index contributed by atoms with van der Waals surface area (Å²) in [6.45, 7) is 3.57. The molecule has 1 radical (unpaired) electrons. The van der Waals surface area contributed by atoms with Crippen LogP contribution in [0.2, 0.25) is 0 Å². The van der Waals surface area contributed by atoms with Gasteiger partial charge in [0.05, 0.1) is 0 Å². The molecule has 0 bridgehead atoms. The van der Waals surface area contributed by atoms with Crippen LogP contribution in [0.5, 0.6) is 0 Å². The van der Waals surface area contributed by atoms with E-state index in [-0.39, 0.29) is 40.4 Å². The smallest absolute Gasteiger partial charge is 0.189 e. The molecule has 0 saturated heterocycles. The van der Waals surface area contributed by atoms with E-state index in [1.165, 1.54) is 0 Å². The van der Waals surface area contributed by atoms with Gasteiger partial charge in [0, 0.05) is 45.5 Å². The second-order valence-electron chi connectivity index (χ2n) is 3.08. The summed E-state index contributed by atoms with van der Waals surface area (Å²) in [6, 6.07) is 6.86. The summed E-state index contributed by atoms with van der Waals surface area (Å²) in [5.74, 6) is -0.115. The molecule has 3 heteroatoms. The Bertz CT molecular complexity index is 421. The molecule has 0 unspecified atom stereocenters. The fourth-order valence-electron chi connectivity index (χ4n) is 1.48. The number of carbonyl (C=O) groups is 2. The molecular weight excluding hydrogens is 361 g/mol. The van der Waals surface area contributed by atoms with Gasteiger partial charge in [-0.15, -0.1) is 0 Å². The van der Waals surface area contributed by atoms with Crippen molar-refractivity contribution in [3.8, 4) is 0 Å². The zero-order valence-electron chi connectivity index (χ0n) is 7.34. The molecule has 0 spiro atoms. The van der Waals surface area contributed by atoms with Crippen LogP contribution >= 0.6 is 0 Å². The summed E-state index contributed by atoms with van der Waals surface area (Å²) >= 11 is 0. The van der Waals surface area contributed by atoms with Crippen LogP contribution in [0, 0.1) is 0 Å². The minimum atomic E-state index is -0.102. The summed E-state index contributed by atoms with van der Waals surface area (Å²) in [5, 5.41) is 0. The van der Waals surface area contributed by atoms with Gasteiger partial charge in [-0.2, -0.15) is 0 Å². The Labute approximate surface area is 97.5 Å². The van der Waals surface area contributed by atoms with Crippen molar-refractivity contribution in [1.29, 1.82) is 0 Å². The molecule has 1 aliphatic carbocycles. The molecule has 0 saturated carbocycles. The number of hydrogen-bond donors (Lipinski definition) is 0. The van der Waals surface area contributed by atoms with Crippen molar-refractivity contribution in [2.75, 3.05) is 0 Å². The second kappa shape index (κ2) is 4.05. The Morgan fingerprint density at radius 1 is 1.07 bits per heavy atom. The third-order valence-electron chi connectivity index (χ3n) is 2.17. The molecule has 1 aromatic rings. The number of allylic oxidation sites excluding steroid dienone is 1. The summed E-state index contributed by atoms with van der Waals surface area (Å²) in [4.78, 5) is 22.9. The quantitative estimate of drug-likeness (QED) is 0.518. The van der Waals surface area contributed by atoms with Gasteiger partial charge >= 0.3 is 0 Å². The van der Waals surface area contributed by atoms with Crippen molar-refractivity contribution in [2.24, 2.45) is 0 Å². The number of benzene rings is 1. The predicted octanol–water partition coefficient (Wildman–Crippen LogP) is 2.01. The van der Waals surface area contributed by atoms with Crippen LogP contribution in [-0.2, 0) is 22.4 Å². The molecule has 2 nitrogen and oxygen atoms in total. The first kappa shape index (κ1) is 11.1. The van der Waals surface area contributed by atoms with Crippen molar-refractivity contribution in [1.82, 2.24) is 0 Å². The summed E-state index contributed by atoms with van der Waals surface area (Å²) < 4.78 is 0. The van der Waals surface area contributed by atoms with Gasteiger partial charge in [0.1, 0.15) is 0 Å². The number of rotatable bonds is 0. The van der Waals surface area contributed by atoms with E-state index >= 15 is 0 Å². The van der Waals surface area contributed by atoms with Crippen molar-refractivity contribution in [3.63, 3.8) is 0 Å². The van der Waals surface area contributed by atoms with Crippen LogP contribution in [-0.4, -0.2) is 11.6 Å². The summed E-state index contributed by atoms with van der Waals surface area (Å²) in [6.07, 6.45) is 0.163. The number of fused-ring (bicyclic) bond motifs is 1. The Hall–Kier alpha value is -0.960. The maximum atomic E-state index is 11.5. The van der Waals surface area contributed by atoms with Crippen molar-refractivity contribution in [2.45, 2.75) is 6.42 Å². The van der Waals surface area contributed by atoms with Gasteiger partial charge in [-0.3, -0.25) is 9.59 Å². The van der Waals surface area contributed by atoms with Crippen molar-refractivity contribution >= 4 is 11.6 Å². The van der Waals surface area contributed by atoms with Gasteiger partial charge in [0.25, 0.3) is 0 Å². The Morgan fingerprint density at radius 2 is 1.64 bits per heavy atom. The molecule has 75 valence electrons. The zero-order valence-corrected chi connectivity index (χ0v) is 9.51. The van der Waals surface area contributed by atoms with Crippen molar-refractivity contribution < 1.29 is 32.0 Å². The summed E-state index contributed by atoms with van der Waals surface area (Å²) in [5.41, 5.74) is 1.41. The number of hydrogen-bond acceptors (Lipinski definition) is 2. The van der Waals surface area contributed by atoms with Crippen LogP contribution in [0.3, 0.4) is 0 Å². The maximum Gasteiger partial charge on any atom is 0.189 e.